The molecule has 1 amide bonds. The fourth-order valence-corrected chi connectivity index (χ4v) is 7.50. The van der Waals surface area contributed by atoms with Crippen LogP contribution in [0.25, 0.3) is 10.9 Å². The molecule has 4 aromatic rings. The van der Waals surface area contributed by atoms with Crippen molar-refractivity contribution in [2.24, 2.45) is 11.8 Å². The first-order valence-electron chi connectivity index (χ1n) is 11.9. The third-order valence-corrected chi connectivity index (χ3v) is 9.03. The van der Waals surface area contributed by atoms with E-state index >= 15 is 0 Å². The molecule has 2 bridgehead atoms. The summed E-state index contributed by atoms with van der Waals surface area (Å²) in [6.07, 6.45) is 4.95. The zero-order chi connectivity index (χ0) is 23.3. The average Bonchev–Trinajstić information content (AvgIpc) is 3.60. The summed E-state index contributed by atoms with van der Waals surface area (Å²) in [7, 11) is 0. The molecule has 4 nitrogen and oxygen atoms in total. The predicted octanol–water partition coefficient (Wildman–Crippen LogP) is 6.59. The fourth-order valence-electron chi connectivity index (χ4n) is 6.49. The van der Waals surface area contributed by atoms with Gasteiger partial charge in [-0.25, -0.2) is 0 Å². The molecule has 2 aliphatic carbocycles. The van der Waals surface area contributed by atoms with E-state index in [4.69, 9.17) is 0 Å². The molecule has 1 N–H and O–H groups in total. The number of thiophene rings is 1. The molecule has 2 aromatic carbocycles. The molecule has 2 saturated carbocycles. The van der Waals surface area contributed by atoms with Gasteiger partial charge in [0.25, 0.3) is 0 Å². The molecule has 0 aliphatic heterocycles. The molecule has 170 valence electrons. The maximum Gasteiger partial charge on any atom is 0.229 e. The molecule has 5 heteroatoms. The second-order valence-electron chi connectivity index (χ2n) is 9.69. The highest BCUT2D eigenvalue weighted by Crippen LogP contribution is 2.65. The largest absolute Gasteiger partial charge is 0.324 e. The average molecular weight is 467 g/mol. The van der Waals surface area contributed by atoms with Crippen LogP contribution in [0.3, 0.4) is 0 Å². The lowest BCUT2D eigenvalue weighted by atomic mass is 9.67. The Morgan fingerprint density at radius 3 is 2.62 bits per heavy atom. The van der Waals surface area contributed by atoms with Crippen molar-refractivity contribution >= 4 is 39.6 Å². The molecule has 2 heterocycles. The van der Waals surface area contributed by atoms with Gasteiger partial charge in [0.05, 0.1) is 17.1 Å². The number of anilines is 1. The Balaban J connectivity index is 1.42. The predicted molar refractivity (Wildman–Crippen MR) is 136 cm³/mol. The topological polar surface area (TPSA) is 59.1 Å². The number of para-hydroxylation sites is 1. The summed E-state index contributed by atoms with van der Waals surface area (Å²) in [6.45, 7) is 1.59. The van der Waals surface area contributed by atoms with Crippen molar-refractivity contribution in [1.29, 1.82) is 0 Å². The number of carbonyl (C=O) groups is 2. The smallest absolute Gasteiger partial charge is 0.229 e. The quantitative estimate of drug-likeness (QED) is 0.338. The van der Waals surface area contributed by atoms with Crippen LogP contribution in [0.2, 0.25) is 0 Å². The third-order valence-electron chi connectivity index (χ3n) is 7.94. The van der Waals surface area contributed by atoms with Gasteiger partial charge in [0.1, 0.15) is 0 Å². The lowest BCUT2D eigenvalue weighted by molar-refractivity contribution is -0.122. The van der Waals surface area contributed by atoms with Gasteiger partial charge in [-0.3, -0.25) is 14.6 Å². The Labute approximate surface area is 203 Å². The summed E-state index contributed by atoms with van der Waals surface area (Å²) >= 11 is 1.77. The standard InChI is InChI=1S/C29H26N2O2S/c1-18(32)19-9-11-20(12-10-19)25-22-13-14-29(17-22,24-8-4-16-34-24)26(25)28(33)31-23-7-2-5-21-6-3-15-30-27(21)23/h2-12,15-16,22,25-26H,13-14,17H2,1H3,(H,31,33). The van der Waals surface area contributed by atoms with Crippen LogP contribution in [0.15, 0.2) is 78.3 Å². The van der Waals surface area contributed by atoms with Crippen LogP contribution < -0.4 is 5.32 Å². The summed E-state index contributed by atoms with van der Waals surface area (Å²) < 4.78 is 0. The van der Waals surface area contributed by atoms with Crippen molar-refractivity contribution in [3.05, 3.63) is 94.3 Å². The molecule has 4 atom stereocenters. The minimum absolute atomic E-state index is 0.0623. The molecule has 34 heavy (non-hydrogen) atoms. The van der Waals surface area contributed by atoms with Crippen LogP contribution in [0.1, 0.15) is 52.9 Å². The van der Waals surface area contributed by atoms with E-state index in [0.29, 0.717) is 11.5 Å². The maximum atomic E-state index is 14.1. The lowest BCUT2D eigenvalue weighted by Crippen LogP contribution is -2.41. The summed E-state index contributed by atoms with van der Waals surface area (Å²) in [4.78, 5) is 31.8. The zero-order valence-corrected chi connectivity index (χ0v) is 19.8. The Kier molecular flexibility index (Phi) is 5.10. The zero-order valence-electron chi connectivity index (χ0n) is 19.0. The first-order chi connectivity index (χ1) is 16.6. The van der Waals surface area contributed by atoms with Crippen molar-refractivity contribution in [2.45, 2.75) is 37.5 Å². The Bertz CT molecular complexity index is 1370. The summed E-state index contributed by atoms with van der Waals surface area (Å²) in [5.41, 5.74) is 3.30. The number of aromatic nitrogens is 1. The number of ketones is 1. The van der Waals surface area contributed by atoms with E-state index < -0.39 is 0 Å². The number of fused-ring (bicyclic) bond motifs is 3. The lowest BCUT2D eigenvalue weighted by Gasteiger charge is -2.38. The number of rotatable bonds is 5. The van der Waals surface area contributed by atoms with E-state index in [1.54, 1.807) is 24.5 Å². The van der Waals surface area contributed by atoms with Gasteiger partial charge in [0, 0.05) is 27.4 Å². The molecule has 0 saturated heterocycles. The number of Topliss-reactive ketones (excluding diaryl/α,β-unsaturated/α-hetero) is 1. The van der Waals surface area contributed by atoms with E-state index in [1.165, 1.54) is 4.88 Å². The third kappa shape index (κ3) is 3.30. The van der Waals surface area contributed by atoms with Crippen molar-refractivity contribution in [1.82, 2.24) is 4.98 Å². The van der Waals surface area contributed by atoms with Crippen LogP contribution in [0, 0.1) is 11.8 Å². The number of amides is 1. The van der Waals surface area contributed by atoms with E-state index in [2.05, 4.69) is 39.9 Å². The van der Waals surface area contributed by atoms with Gasteiger partial charge < -0.3 is 5.32 Å². The molecule has 2 fully saturated rings. The van der Waals surface area contributed by atoms with Crippen LogP contribution in [0.5, 0.6) is 0 Å². The van der Waals surface area contributed by atoms with E-state index in [0.717, 1.165) is 41.4 Å². The van der Waals surface area contributed by atoms with Gasteiger partial charge in [0.15, 0.2) is 5.78 Å². The Morgan fingerprint density at radius 2 is 1.85 bits per heavy atom. The Morgan fingerprint density at radius 1 is 1.03 bits per heavy atom. The number of carbonyl (C=O) groups excluding carboxylic acids is 2. The van der Waals surface area contributed by atoms with E-state index in [9.17, 15) is 9.59 Å². The van der Waals surface area contributed by atoms with Crippen LogP contribution in [-0.4, -0.2) is 16.7 Å². The molecule has 0 radical (unpaired) electrons. The van der Waals surface area contributed by atoms with Crippen LogP contribution in [0.4, 0.5) is 5.69 Å². The normalized spacial score (nSPS) is 25.5. The first-order valence-corrected chi connectivity index (χ1v) is 12.7. The molecular weight excluding hydrogens is 440 g/mol. The number of hydrogen-bond donors (Lipinski definition) is 1. The number of hydrogen-bond acceptors (Lipinski definition) is 4. The van der Waals surface area contributed by atoms with Crippen molar-refractivity contribution in [3.63, 3.8) is 0 Å². The number of nitrogens with zero attached hydrogens (tertiary/aromatic N) is 1. The minimum Gasteiger partial charge on any atom is -0.324 e. The van der Waals surface area contributed by atoms with Gasteiger partial charge in [-0.15, -0.1) is 11.3 Å². The van der Waals surface area contributed by atoms with Gasteiger partial charge in [-0.05, 0) is 67.2 Å². The number of benzene rings is 2. The molecule has 0 spiro atoms. The van der Waals surface area contributed by atoms with E-state index in [-0.39, 0.29) is 28.9 Å². The van der Waals surface area contributed by atoms with E-state index in [1.807, 2.05) is 42.5 Å². The second kappa shape index (κ2) is 8.17. The summed E-state index contributed by atoms with van der Waals surface area (Å²) in [5.74, 6) is 0.528. The maximum absolute atomic E-state index is 14.1. The van der Waals surface area contributed by atoms with Gasteiger partial charge >= 0.3 is 0 Å². The van der Waals surface area contributed by atoms with Crippen molar-refractivity contribution < 1.29 is 9.59 Å². The monoisotopic (exact) mass is 466 g/mol. The van der Waals surface area contributed by atoms with Crippen LogP contribution >= 0.6 is 11.3 Å². The summed E-state index contributed by atoms with van der Waals surface area (Å²) in [6, 6.07) is 22.1. The molecule has 4 unspecified atom stereocenters. The first kappa shape index (κ1) is 21.2. The van der Waals surface area contributed by atoms with Gasteiger partial charge in [-0.1, -0.05) is 48.5 Å². The van der Waals surface area contributed by atoms with Crippen LogP contribution in [-0.2, 0) is 10.2 Å². The highest BCUT2D eigenvalue weighted by Gasteiger charge is 2.61. The SMILES string of the molecule is CC(=O)c1ccc(C2C3CCC(c4cccs4)(C3)C2C(=O)Nc2cccc3cccnc23)cc1. The fraction of sp³-hybridized carbons (Fsp3) is 0.276. The highest BCUT2D eigenvalue weighted by atomic mass is 32.1. The summed E-state index contributed by atoms with van der Waals surface area (Å²) in [5, 5.41) is 6.41. The highest BCUT2D eigenvalue weighted by molar-refractivity contribution is 7.10. The second-order valence-corrected chi connectivity index (χ2v) is 10.6. The number of pyridine rings is 1. The Hall–Kier alpha value is -3.31. The van der Waals surface area contributed by atoms with Gasteiger partial charge in [0.2, 0.25) is 5.91 Å². The molecular formula is C29H26N2O2S. The van der Waals surface area contributed by atoms with Crippen molar-refractivity contribution in [2.75, 3.05) is 5.32 Å². The minimum atomic E-state index is -0.174. The molecule has 2 aliphatic rings. The molecule has 2 aromatic heterocycles. The molecule has 6 rings (SSSR count). The van der Waals surface area contributed by atoms with Gasteiger partial charge in [-0.2, -0.15) is 0 Å². The number of nitrogens with one attached hydrogen (secondary N) is 1. The van der Waals surface area contributed by atoms with Crippen molar-refractivity contribution in [3.8, 4) is 0 Å².